The Morgan fingerprint density at radius 2 is 1.95 bits per heavy atom. The van der Waals surface area contributed by atoms with Gasteiger partial charge in [-0.25, -0.2) is 4.39 Å². The van der Waals surface area contributed by atoms with Crippen LogP contribution in [0.1, 0.15) is 20.3 Å². The summed E-state index contributed by atoms with van der Waals surface area (Å²) in [5.74, 6) is -1.56. The first-order valence-electron chi connectivity index (χ1n) is 6.32. The number of nitrogens with zero attached hydrogens (tertiary/aromatic N) is 1. The second kappa shape index (κ2) is 4.84. The van der Waals surface area contributed by atoms with Gasteiger partial charge in [0.15, 0.2) is 0 Å². The van der Waals surface area contributed by atoms with Crippen LogP contribution in [-0.2, 0) is 14.3 Å². The summed E-state index contributed by atoms with van der Waals surface area (Å²) in [4.78, 5) is 12.6. The Bertz CT molecular complexity index is 391. The van der Waals surface area contributed by atoms with Gasteiger partial charge in [-0.2, -0.15) is 13.2 Å². The van der Waals surface area contributed by atoms with Crippen molar-refractivity contribution in [2.75, 3.05) is 26.3 Å². The molecule has 116 valence electrons. The molecule has 0 saturated carbocycles. The normalized spacial score (nSPS) is 31.6. The maximum Gasteiger partial charge on any atom is 0.428 e. The molecule has 1 spiro atoms. The van der Waals surface area contributed by atoms with Crippen LogP contribution in [0.2, 0.25) is 0 Å². The fourth-order valence-electron chi connectivity index (χ4n) is 2.76. The van der Waals surface area contributed by atoms with E-state index < -0.39 is 29.5 Å². The zero-order chi connectivity index (χ0) is 15.2. The number of rotatable bonds is 1. The third kappa shape index (κ3) is 3.06. The first kappa shape index (κ1) is 15.5. The van der Waals surface area contributed by atoms with E-state index in [0.717, 1.165) is 4.90 Å². The molecule has 0 aromatic carbocycles. The first-order valence-corrected chi connectivity index (χ1v) is 6.32. The van der Waals surface area contributed by atoms with E-state index in [1.165, 1.54) is 0 Å². The summed E-state index contributed by atoms with van der Waals surface area (Å²) in [5.41, 5.74) is -1.67. The van der Waals surface area contributed by atoms with Crippen molar-refractivity contribution in [1.29, 1.82) is 0 Å². The summed E-state index contributed by atoms with van der Waals surface area (Å²) >= 11 is 0. The minimum absolute atomic E-state index is 0.0776. The smallest absolute Gasteiger partial charge is 0.378 e. The highest BCUT2D eigenvalue weighted by atomic mass is 19.4. The Kier molecular flexibility index (Phi) is 3.75. The number of amides is 1. The average molecular weight is 299 g/mol. The average Bonchev–Trinajstić information content (AvgIpc) is 2.71. The van der Waals surface area contributed by atoms with Gasteiger partial charge in [-0.3, -0.25) is 4.79 Å². The van der Waals surface area contributed by atoms with Crippen molar-refractivity contribution < 1.29 is 31.8 Å². The predicted octanol–water partition coefficient (Wildman–Crippen LogP) is 1.68. The lowest BCUT2D eigenvalue weighted by Crippen LogP contribution is -2.63. The van der Waals surface area contributed by atoms with Crippen LogP contribution in [0.25, 0.3) is 0 Å². The summed E-state index contributed by atoms with van der Waals surface area (Å²) in [6, 6.07) is 0. The van der Waals surface area contributed by atoms with E-state index in [2.05, 4.69) is 0 Å². The van der Waals surface area contributed by atoms with E-state index in [9.17, 15) is 22.4 Å². The van der Waals surface area contributed by atoms with Gasteiger partial charge in [-0.05, 0) is 13.8 Å². The number of carbonyl (C=O) groups excluding carboxylic acids is 1. The number of alkyl halides is 4. The number of ether oxygens (including phenoxy) is 2. The lowest BCUT2D eigenvalue weighted by Gasteiger charge is -2.48. The number of carbonyl (C=O) groups is 1. The van der Waals surface area contributed by atoms with Crippen molar-refractivity contribution in [2.24, 2.45) is 0 Å². The van der Waals surface area contributed by atoms with Crippen molar-refractivity contribution in [3.05, 3.63) is 0 Å². The minimum atomic E-state index is -5.18. The van der Waals surface area contributed by atoms with Gasteiger partial charge >= 0.3 is 6.18 Å². The van der Waals surface area contributed by atoms with Gasteiger partial charge < -0.3 is 14.4 Å². The van der Waals surface area contributed by atoms with Crippen molar-refractivity contribution >= 4 is 5.91 Å². The molecule has 20 heavy (non-hydrogen) atoms. The first-order chi connectivity index (χ1) is 9.05. The molecule has 0 radical (unpaired) electrons. The summed E-state index contributed by atoms with van der Waals surface area (Å²) in [7, 11) is 0. The number of halogens is 4. The molecule has 2 unspecified atom stereocenters. The SMILES string of the molecule is CC1(C)CN(C(=O)C(F)C(F)(F)F)CC2(CCOC2)O1. The molecule has 0 bridgehead atoms. The quantitative estimate of drug-likeness (QED) is 0.692. The van der Waals surface area contributed by atoms with Crippen molar-refractivity contribution in [3.63, 3.8) is 0 Å². The molecule has 2 fully saturated rings. The maximum atomic E-state index is 13.2. The third-order valence-corrected chi connectivity index (χ3v) is 3.43. The lowest BCUT2D eigenvalue weighted by atomic mass is 9.94. The lowest BCUT2D eigenvalue weighted by molar-refractivity contribution is -0.218. The van der Waals surface area contributed by atoms with Crippen LogP contribution >= 0.6 is 0 Å². The second-order valence-corrected chi connectivity index (χ2v) is 5.95. The molecular weight excluding hydrogens is 282 g/mol. The van der Waals surface area contributed by atoms with Crippen LogP contribution in [-0.4, -0.2) is 60.7 Å². The second-order valence-electron chi connectivity index (χ2n) is 5.95. The van der Waals surface area contributed by atoms with Crippen molar-refractivity contribution in [2.45, 2.75) is 43.8 Å². The van der Waals surface area contributed by atoms with Gasteiger partial charge in [0.2, 0.25) is 0 Å². The molecular formula is C12H17F4NO3. The van der Waals surface area contributed by atoms with Gasteiger partial charge in [-0.15, -0.1) is 0 Å². The van der Waals surface area contributed by atoms with Crippen LogP contribution in [0.15, 0.2) is 0 Å². The third-order valence-electron chi connectivity index (χ3n) is 3.43. The standard InChI is InChI=1S/C12H17F4NO3/c1-10(2)5-17(9(18)8(13)12(14,15)16)6-11(20-10)3-4-19-7-11/h8H,3-7H2,1-2H3. The van der Waals surface area contributed by atoms with Gasteiger partial charge in [0, 0.05) is 19.6 Å². The summed E-state index contributed by atoms with van der Waals surface area (Å²) in [6.45, 7) is 3.77. The van der Waals surface area contributed by atoms with Gasteiger partial charge in [0.1, 0.15) is 5.60 Å². The zero-order valence-corrected chi connectivity index (χ0v) is 11.3. The topological polar surface area (TPSA) is 38.8 Å². The molecule has 0 aromatic heterocycles. The van der Waals surface area contributed by atoms with E-state index in [-0.39, 0.29) is 19.7 Å². The highest BCUT2D eigenvalue weighted by molar-refractivity contribution is 5.82. The van der Waals surface area contributed by atoms with E-state index in [0.29, 0.717) is 13.0 Å². The molecule has 2 saturated heterocycles. The molecule has 8 heteroatoms. The molecule has 0 aliphatic carbocycles. The maximum absolute atomic E-state index is 13.2. The fraction of sp³-hybridized carbons (Fsp3) is 0.917. The number of hydrogen-bond donors (Lipinski definition) is 0. The van der Waals surface area contributed by atoms with Crippen LogP contribution in [0.4, 0.5) is 17.6 Å². The Morgan fingerprint density at radius 3 is 2.45 bits per heavy atom. The molecule has 0 N–H and O–H groups in total. The highest BCUT2D eigenvalue weighted by Crippen LogP contribution is 2.36. The monoisotopic (exact) mass is 299 g/mol. The van der Waals surface area contributed by atoms with Gasteiger partial charge in [-0.1, -0.05) is 0 Å². The van der Waals surface area contributed by atoms with E-state index in [1.807, 2.05) is 0 Å². The molecule has 2 aliphatic rings. The fourth-order valence-corrected chi connectivity index (χ4v) is 2.76. The Morgan fingerprint density at radius 1 is 1.30 bits per heavy atom. The molecule has 2 rings (SSSR count). The van der Waals surface area contributed by atoms with Gasteiger partial charge in [0.25, 0.3) is 12.1 Å². The van der Waals surface area contributed by atoms with Crippen LogP contribution < -0.4 is 0 Å². The van der Waals surface area contributed by atoms with Gasteiger partial charge in [0.05, 0.1) is 18.8 Å². The Hall–Kier alpha value is -0.890. The molecule has 2 atom stereocenters. The van der Waals surface area contributed by atoms with Crippen LogP contribution in [0.3, 0.4) is 0 Å². The summed E-state index contributed by atoms with van der Waals surface area (Å²) in [5, 5.41) is 0. The Balaban J connectivity index is 2.17. The van der Waals surface area contributed by atoms with E-state index in [4.69, 9.17) is 9.47 Å². The molecule has 1 amide bonds. The summed E-state index contributed by atoms with van der Waals surface area (Å²) in [6.07, 6.45) is -8.20. The molecule has 0 aromatic rings. The van der Waals surface area contributed by atoms with Crippen molar-refractivity contribution in [3.8, 4) is 0 Å². The Labute approximate surface area is 114 Å². The molecule has 4 nitrogen and oxygen atoms in total. The van der Waals surface area contributed by atoms with E-state index in [1.54, 1.807) is 13.8 Å². The number of morpholine rings is 1. The molecule has 2 heterocycles. The predicted molar refractivity (Wildman–Crippen MR) is 60.9 cm³/mol. The molecule has 2 aliphatic heterocycles. The highest BCUT2D eigenvalue weighted by Gasteiger charge is 2.53. The minimum Gasteiger partial charge on any atom is -0.378 e. The largest absolute Gasteiger partial charge is 0.428 e. The van der Waals surface area contributed by atoms with Crippen LogP contribution in [0.5, 0.6) is 0 Å². The van der Waals surface area contributed by atoms with Crippen LogP contribution in [0, 0.1) is 0 Å². The summed E-state index contributed by atoms with van der Waals surface area (Å²) < 4.78 is 61.3. The number of hydrogen-bond acceptors (Lipinski definition) is 3. The zero-order valence-electron chi connectivity index (χ0n) is 11.3. The van der Waals surface area contributed by atoms with E-state index >= 15 is 0 Å². The van der Waals surface area contributed by atoms with Crippen molar-refractivity contribution in [1.82, 2.24) is 4.90 Å².